The van der Waals surface area contributed by atoms with Crippen molar-refractivity contribution in [2.24, 2.45) is 11.8 Å². The summed E-state index contributed by atoms with van der Waals surface area (Å²) in [6.07, 6.45) is 3.12. The van der Waals surface area contributed by atoms with Crippen molar-refractivity contribution in [3.05, 3.63) is 35.4 Å². The minimum atomic E-state index is -0.379. The number of piperidine rings is 1. The van der Waals surface area contributed by atoms with E-state index < -0.39 is 0 Å². The summed E-state index contributed by atoms with van der Waals surface area (Å²) in [5, 5.41) is 10.4. The van der Waals surface area contributed by atoms with Gasteiger partial charge in [0.1, 0.15) is 0 Å². The number of nitrogens with zero attached hydrogens (tertiary/aromatic N) is 1. The van der Waals surface area contributed by atoms with Crippen LogP contribution in [0, 0.1) is 11.8 Å². The van der Waals surface area contributed by atoms with E-state index in [4.69, 9.17) is 0 Å². The lowest BCUT2D eigenvalue weighted by atomic mass is 9.72. The van der Waals surface area contributed by atoms with Crippen LogP contribution in [0.15, 0.2) is 24.3 Å². The summed E-state index contributed by atoms with van der Waals surface area (Å²) in [4.78, 5) is 14.1. The number of likely N-dealkylation sites (tertiary alicyclic amines) is 1. The Kier molecular flexibility index (Phi) is 3.31. The van der Waals surface area contributed by atoms with Crippen molar-refractivity contribution < 1.29 is 9.90 Å². The van der Waals surface area contributed by atoms with Crippen LogP contribution >= 0.6 is 0 Å². The Morgan fingerprint density at radius 1 is 1.21 bits per heavy atom. The molecule has 1 aromatic rings. The zero-order chi connectivity index (χ0) is 13.4. The lowest BCUT2D eigenvalue weighted by molar-refractivity contribution is -0.141. The highest BCUT2D eigenvalue weighted by Crippen LogP contribution is 2.35. The highest BCUT2D eigenvalue weighted by Gasteiger charge is 2.39. The predicted octanol–water partition coefficient (Wildman–Crippen LogP) is 1.63. The van der Waals surface area contributed by atoms with E-state index in [0.29, 0.717) is 6.42 Å². The second-order valence-corrected chi connectivity index (χ2v) is 5.92. The van der Waals surface area contributed by atoms with Crippen LogP contribution in [-0.4, -0.2) is 35.6 Å². The lowest BCUT2D eigenvalue weighted by Gasteiger charge is -2.39. The van der Waals surface area contributed by atoms with Gasteiger partial charge >= 0.3 is 0 Å². The van der Waals surface area contributed by atoms with Crippen LogP contribution in [-0.2, 0) is 17.6 Å². The molecule has 0 radical (unpaired) electrons. The molecule has 1 fully saturated rings. The van der Waals surface area contributed by atoms with Crippen molar-refractivity contribution in [2.45, 2.75) is 31.8 Å². The van der Waals surface area contributed by atoms with Gasteiger partial charge < -0.3 is 10.0 Å². The fourth-order valence-corrected chi connectivity index (χ4v) is 3.60. The van der Waals surface area contributed by atoms with Crippen molar-refractivity contribution >= 4 is 5.91 Å². The Morgan fingerprint density at radius 2 is 1.89 bits per heavy atom. The number of benzene rings is 1. The van der Waals surface area contributed by atoms with Crippen LogP contribution in [0.3, 0.4) is 0 Å². The molecular weight excluding hydrogens is 238 g/mol. The van der Waals surface area contributed by atoms with Gasteiger partial charge in [-0.3, -0.25) is 4.79 Å². The van der Waals surface area contributed by atoms with Gasteiger partial charge in [0.15, 0.2) is 0 Å². The molecule has 1 N–H and O–H groups in total. The molecule has 1 aliphatic heterocycles. The molecule has 3 unspecified atom stereocenters. The molecule has 0 saturated carbocycles. The van der Waals surface area contributed by atoms with E-state index in [0.717, 1.165) is 25.8 Å². The molecule has 0 spiro atoms. The van der Waals surface area contributed by atoms with Gasteiger partial charge in [-0.05, 0) is 36.8 Å². The van der Waals surface area contributed by atoms with E-state index in [1.807, 2.05) is 24.1 Å². The van der Waals surface area contributed by atoms with Crippen LogP contribution in [0.4, 0.5) is 0 Å². The number of fused-ring (bicyclic) bond motifs is 1. The summed E-state index contributed by atoms with van der Waals surface area (Å²) in [5.41, 5.74) is 2.54. The molecule has 1 heterocycles. The molecular formula is C16H21NO2. The van der Waals surface area contributed by atoms with Crippen molar-refractivity contribution in [3.63, 3.8) is 0 Å². The maximum absolute atomic E-state index is 12.3. The summed E-state index contributed by atoms with van der Waals surface area (Å²) in [7, 11) is 1.87. The molecule has 3 nitrogen and oxygen atoms in total. The van der Waals surface area contributed by atoms with Crippen LogP contribution in [0.5, 0.6) is 0 Å². The number of carbonyl (C=O) groups is 1. The SMILES string of the molecule is CN1CCCC(C2Cc3ccccc3CC2O)C1=O. The van der Waals surface area contributed by atoms with Gasteiger partial charge in [-0.2, -0.15) is 0 Å². The number of aliphatic hydroxyl groups is 1. The van der Waals surface area contributed by atoms with Crippen molar-refractivity contribution in [1.29, 1.82) is 0 Å². The lowest BCUT2D eigenvalue weighted by Crippen LogP contribution is -2.46. The van der Waals surface area contributed by atoms with E-state index in [2.05, 4.69) is 12.1 Å². The molecule has 3 rings (SSSR count). The van der Waals surface area contributed by atoms with Gasteiger partial charge in [-0.15, -0.1) is 0 Å². The Labute approximate surface area is 114 Å². The molecule has 1 aliphatic carbocycles. The number of hydrogen-bond donors (Lipinski definition) is 1. The third kappa shape index (κ3) is 2.27. The van der Waals surface area contributed by atoms with E-state index in [1.54, 1.807) is 0 Å². The highest BCUT2D eigenvalue weighted by atomic mass is 16.3. The number of aliphatic hydroxyl groups excluding tert-OH is 1. The number of rotatable bonds is 1. The molecule has 1 amide bonds. The second kappa shape index (κ2) is 4.97. The molecule has 2 aliphatic rings. The number of carbonyl (C=O) groups excluding carboxylic acids is 1. The molecule has 102 valence electrons. The third-order valence-corrected chi connectivity index (χ3v) is 4.72. The molecule has 0 aromatic heterocycles. The average molecular weight is 259 g/mol. The topological polar surface area (TPSA) is 40.5 Å². The quantitative estimate of drug-likeness (QED) is 0.833. The van der Waals surface area contributed by atoms with Gasteiger partial charge in [0, 0.05) is 25.4 Å². The van der Waals surface area contributed by atoms with Gasteiger partial charge in [-0.1, -0.05) is 24.3 Å². The molecule has 1 aromatic carbocycles. The van der Waals surface area contributed by atoms with Crippen LogP contribution in [0.1, 0.15) is 24.0 Å². The zero-order valence-electron chi connectivity index (χ0n) is 11.4. The Balaban J connectivity index is 1.84. The van der Waals surface area contributed by atoms with Crippen molar-refractivity contribution in [2.75, 3.05) is 13.6 Å². The van der Waals surface area contributed by atoms with Gasteiger partial charge in [-0.25, -0.2) is 0 Å². The fraction of sp³-hybridized carbons (Fsp3) is 0.562. The molecule has 3 heteroatoms. The highest BCUT2D eigenvalue weighted by molar-refractivity contribution is 5.79. The summed E-state index contributed by atoms with van der Waals surface area (Å²) < 4.78 is 0. The van der Waals surface area contributed by atoms with E-state index >= 15 is 0 Å². The summed E-state index contributed by atoms with van der Waals surface area (Å²) in [5.74, 6) is 0.307. The van der Waals surface area contributed by atoms with Crippen LogP contribution in [0.2, 0.25) is 0 Å². The largest absolute Gasteiger partial charge is 0.392 e. The molecule has 1 saturated heterocycles. The van der Waals surface area contributed by atoms with E-state index in [9.17, 15) is 9.90 Å². The van der Waals surface area contributed by atoms with Crippen LogP contribution in [0.25, 0.3) is 0 Å². The molecule has 3 atom stereocenters. The first kappa shape index (κ1) is 12.7. The predicted molar refractivity (Wildman–Crippen MR) is 73.7 cm³/mol. The maximum atomic E-state index is 12.3. The van der Waals surface area contributed by atoms with Gasteiger partial charge in [0.25, 0.3) is 0 Å². The normalized spacial score (nSPS) is 31.2. The fourth-order valence-electron chi connectivity index (χ4n) is 3.60. The van der Waals surface area contributed by atoms with Gasteiger partial charge in [0.05, 0.1) is 6.10 Å². The minimum Gasteiger partial charge on any atom is -0.392 e. The van der Waals surface area contributed by atoms with E-state index in [-0.39, 0.29) is 23.8 Å². The summed E-state index contributed by atoms with van der Waals surface area (Å²) in [6, 6.07) is 8.28. The first-order valence-corrected chi connectivity index (χ1v) is 7.16. The van der Waals surface area contributed by atoms with Gasteiger partial charge in [0.2, 0.25) is 5.91 Å². The Morgan fingerprint density at radius 3 is 2.63 bits per heavy atom. The second-order valence-electron chi connectivity index (χ2n) is 5.92. The van der Waals surface area contributed by atoms with Crippen molar-refractivity contribution in [3.8, 4) is 0 Å². The monoisotopic (exact) mass is 259 g/mol. The standard InChI is InChI=1S/C16H21NO2/c1-17-8-4-7-13(16(17)19)14-9-11-5-2-3-6-12(11)10-15(14)18/h2-3,5-6,13-15,18H,4,7-10H2,1H3. The first-order chi connectivity index (χ1) is 9.16. The van der Waals surface area contributed by atoms with Crippen LogP contribution < -0.4 is 0 Å². The average Bonchev–Trinajstić information content (AvgIpc) is 2.41. The molecule has 19 heavy (non-hydrogen) atoms. The van der Waals surface area contributed by atoms with E-state index in [1.165, 1.54) is 11.1 Å². The summed E-state index contributed by atoms with van der Waals surface area (Å²) >= 11 is 0. The number of amides is 1. The minimum absolute atomic E-state index is 0.00195. The summed E-state index contributed by atoms with van der Waals surface area (Å²) in [6.45, 7) is 0.856. The smallest absolute Gasteiger partial charge is 0.225 e. The zero-order valence-corrected chi connectivity index (χ0v) is 11.4. The number of hydrogen-bond acceptors (Lipinski definition) is 2. The Bertz CT molecular complexity index is 485. The third-order valence-electron chi connectivity index (χ3n) is 4.72. The maximum Gasteiger partial charge on any atom is 0.225 e. The first-order valence-electron chi connectivity index (χ1n) is 7.16. The molecule has 0 bridgehead atoms. The Hall–Kier alpha value is -1.35. The van der Waals surface area contributed by atoms with Crippen molar-refractivity contribution in [1.82, 2.24) is 4.90 Å².